The van der Waals surface area contributed by atoms with Crippen LogP contribution >= 0.6 is 24.0 Å². The van der Waals surface area contributed by atoms with Gasteiger partial charge in [0.2, 0.25) is 0 Å². The fraction of sp³-hybridized carbons (Fsp3) is 0.0769. The van der Waals surface area contributed by atoms with Gasteiger partial charge in [0.25, 0.3) is 0 Å². The van der Waals surface area contributed by atoms with E-state index in [9.17, 15) is 0 Å². The number of hydrogen-bond acceptors (Lipinski definition) is 3. The summed E-state index contributed by atoms with van der Waals surface area (Å²) in [5.41, 5.74) is 0.999. The SMILES string of the molecule is CSc1ccccc1NC(=S)Nc1ccccn1. The molecule has 0 amide bonds. The second-order valence-electron chi connectivity index (χ2n) is 3.49. The van der Waals surface area contributed by atoms with Crippen LogP contribution in [0.1, 0.15) is 0 Å². The van der Waals surface area contributed by atoms with Crippen LogP contribution in [0.2, 0.25) is 0 Å². The average Bonchev–Trinajstić information content (AvgIpc) is 2.40. The Hall–Kier alpha value is -1.59. The van der Waals surface area contributed by atoms with Crippen molar-refractivity contribution in [3.8, 4) is 0 Å². The standard InChI is InChI=1S/C13H13N3S2/c1-18-11-7-3-2-6-10(11)15-13(17)16-12-8-4-5-9-14-12/h2-9H,1H3,(H2,14,15,16,17). The van der Waals surface area contributed by atoms with Crippen molar-refractivity contribution in [3.63, 3.8) is 0 Å². The highest BCUT2D eigenvalue weighted by Gasteiger charge is 2.03. The van der Waals surface area contributed by atoms with E-state index in [1.165, 1.54) is 0 Å². The monoisotopic (exact) mass is 275 g/mol. The maximum Gasteiger partial charge on any atom is 0.176 e. The molecule has 0 aliphatic heterocycles. The molecule has 0 atom stereocenters. The Morgan fingerprint density at radius 2 is 1.89 bits per heavy atom. The normalized spacial score (nSPS) is 9.83. The largest absolute Gasteiger partial charge is 0.331 e. The minimum Gasteiger partial charge on any atom is -0.331 e. The fourth-order valence-electron chi connectivity index (χ4n) is 1.45. The van der Waals surface area contributed by atoms with E-state index in [0.717, 1.165) is 16.4 Å². The smallest absolute Gasteiger partial charge is 0.176 e. The molecule has 0 radical (unpaired) electrons. The van der Waals surface area contributed by atoms with E-state index in [1.807, 2.05) is 42.7 Å². The predicted octanol–water partition coefficient (Wildman–Crippen LogP) is 3.61. The average molecular weight is 275 g/mol. The number of anilines is 2. The van der Waals surface area contributed by atoms with Crippen molar-refractivity contribution in [3.05, 3.63) is 48.7 Å². The summed E-state index contributed by atoms with van der Waals surface area (Å²) in [6.07, 6.45) is 3.76. The third kappa shape index (κ3) is 3.45. The molecule has 1 heterocycles. The first kappa shape index (κ1) is 12.9. The molecule has 0 unspecified atom stereocenters. The van der Waals surface area contributed by atoms with Crippen molar-refractivity contribution >= 4 is 40.6 Å². The van der Waals surface area contributed by atoms with Gasteiger partial charge in [-0.2, -0.15) is 0 Å². The summed E-state index contributed by atoms with van der Waals surface area (Å²) in [6, 6.07) is 13.7. The number of nitrogens with one attached hydrogen (secondary N) is 2. The summed E-state index contributed by atoms with van der Waals surface area (Å²) in [4.78, 5) is 5.31. The minimum absolute atomic E-state index is 0.537. The number of para-hydroxylation sites is 1. The number of nitrogens with zero attached hydrogens (tertiary/aromatic N) is 1. The maximum atomic E-state index is 5.25. The van der Waals surface area contributed by atoms with Crippen LogP contribution in [0.15, 0.2) is 53.6 Å². The Bertz CT molecular complexity index is 529. The van der Waals surface area contributed by atoms with Crippen LogP contribution < -0.4 is 10.6 Å². The summed E-state index contributed by atoms with van der Waals surface area (Å²) in [7, 11) is 0. The van der Waals surface area contributed by atoms with E-state index >= 15 is 0 Å². The Morgan fingerprint density at radius 1 is 1.11 bits per heavy atom. The lowest BCUT2D eigenvalue weighted by Crippen LogP contribution is -2.19. The van der Waals surface area contributed by atoms with Crippen LogP contribution in [0.25, 0.3) is 0 Å². The van der Waals surface area contributed by atoms with E-state index in [-0.39, 0.29) is 0 Å². The Morgan fingerprint density at radius 3 is 2.61 bits per heavy atom. The first-order valence-corrected chi connectivity index (χ1v) is 7.05. The molecule has 2 N–H and O–H groups in total. The molecule has 92 valence electrons. The van der Waals surface area contributed by atoms with Crippen LogP contribution in [-0.4, -0.2) is 16.4 Å². The molecule has 0 aliphatic rings. The summed E-state index contributed by atoms with van der Waals surface area (Å²) in [5, 5.41) is 6.75. The molecule has 1 aromatic heterocycles. The van der Waals surface area contributed by atoms with E-state index < -0.39 is 0 Å². The summed E-state index contributed by atoms with van der Waals surface area (Å²) in [5.74, 6) is 0.733. The Kier molecular flexibility index (Phi) is 4.55. The van der Waals surface area contributed by atoms with Crippen LogP contribution in [0.5, 0.6) is 0 Å². The molecule has 0 spiro atoms. The molecule has 5 heteroatoms. The van der Waals surface area contributed by atoms with E-state index in [0.29, 0.717) is 5.11 Å². The predicted molar refractivity (Wildman–Crippen MR) is 82.3 cm³/mol. The molecule has 1 aromatic carbocycles. The maximum absolute atomic E-state index is 5.25. The molecule has 0 bridgehead atoms. The first-order chi connectivity index (χ1) is 8.79. The zero-order chi connectivity index (χ0) is 12.8. The summed E-state index contributed by atoms with van der Waals surface area (Å²) < 4.78 is 0. The van der Waals surface area contributed by atoms with Gasteiger partial charge in [0.1, 0.15) is 5.82 Å². The Labute approximate surface area is 116 Å². The lowest BCUT2D eigenvalue weighted by atomic mass is 10.3. The van der Waals surface area contributed by atoms with E-state index in [4.69, 9.17) is 12.2 Å². The van der Waals surface area contributed by atoms with Gasteiger partial charge in [-0.1, -0.05) is 18.2 Å². The molecule has 0 saturated carbocycles. The van der Waals surface area contributed by atoms with Crippen LogP contribution in [0.4, 0.5) is 11.5 Å². The van der Waals surface area contributed by atoms with Gasteiger partial charge in [-0.15, -0.1) is 11.8 Å². The first-order valence-electron chi connectivity index (χ1n) is 5.41. The molecule has 0 fully saturated rings. The zero-order valence-corrected chi connectivity index (χ0v) is 11.5. The molecular weight excluding hydrogens is 262 g/mol. The third-order valence-corrected chi connectivity index (χ3v) is 3.26. The minimum atomic E-state index is 0.537. The van der Waals surface area contributed by atoms with E-state index in [2.05, 4.69) is 21.7 Å². The Balaban J connectivity index is 2.03. The van der Waals surface area contributed by atoms with Crippen LogP contribution in [0.3, 0.4) is 0 Å². The molecule has 0 aliphatic carbocycles. The molecule has 2 aromatic rings. The van der Waals surface area contributed by atoms with Gasteiger partial charge in [-0.25, -0.2) is 4.98 Å². The van der Waals surface area contributed by atoms with Crippen LogP contribution in [0, 0.1) is 0 Å². The summed E-state index contributed by atoms with van der Waals surface area (Å²) >= 11 is 6.93. The van der Waals surface area contributed by atoms with Gasteiger partial charge in [0, 0.05) is 11.1 Å². The second kappa shape index (κ2) is 6.37. The molecule has 0 saturated heterocycles. The van der Waals surface area contributed by atoms with Gasteiger partial charge >= 0.3 is 0 Å². The number of benzene rings is 1. The van der Waals surface area contributed by atoms with Crippen molar-refractivity contribution in [1.82, 2.24) is 4.98 Å². The highest BCUT2D eigenvalue weighted by atomic mass is 32.2. The number of thiocarbonyl (C=S) groups is 1. The molecule has 18 heavy (non-hydrogen) atoms. The third-order valence-electron chi connectivity index (χ3n) is 2.26. The van der Waals surface area contributed by atoms with Gasteiger partial charge in [0.15, 0.2) is 5.11 Å². The van der Waals surface area contributed by atoms with Crippen molar-refractivity contribution in [2.24, 2.45) is 0 Å². The number of thioether (sulfide) groups is 1. The zero-order valence-electron chi connectivity index (χ0n) is 9.88. The quantitative estimate of drug-likeness (QED) is 0.661. The van der Waals surface area contributed by atoms with Gasteiger partial charge < -0.3 is 10.6 Å². The molecule has 2 rings (SSSR count). The lowest BCUT2D eigenvalue weighted by molar-refractivity contribution is 1.32. The van der Waals surface area contributed by atoms with Crippen molar-refractivity contribution in [2.45, 2.75) is 4.90 Å². The van der Waals surface area contributed by atoms with Gasteiger partial charge in [0.05, 0.1) is 5.69 Å². The van der Waals surface area contributed by atoms with Crippen molar-refractivity contribution < 1.29 is 0 Å². The van der Waals surface area contributed by atoms with Gasteiger partial charge in [-0.3, -0.25) is 0 Å². The number of aromatic nitrogens is 1. The number of rotatable bonds is 3. The van der Waals surface area contributed by atoms with Crippen molar-refractivity contribution in [2.75, 3.05) is 16.9 Å². The highest BCUT2D eigenvalue weighted by Crippen LogP contribution is 2.24. The number of pyridine rings is 1. The fourth-order valence-corrected chi connectivity index (χ4v) is 2.22. The molecular formula is C13H13N3S2. The van der Waals surface area contributed by atoms with Gasteiger partial charge in [-0.05, 0) is 42.7 Å². The summed E-state index contributed by atoms with van der Waals surface area (Å²) in [6.45, 7) is 0. The second-order valence-corrected chi connectivity index (χ2v) is 4.75. The lowest BCUT2D eigenvalue weighted by Gasteiger charge is -2.12. The van der Waals surface area contributed by atoms with E-state index in [1.54, 1.807) is 18.0 Å². The van der Waals surface area contributed by atoms with Crippen LogP contribution in [-0.2, 0) is 0 Å². The number of hydrogen-bond donors (Lipinski definition) is 2. The highest BCUT2D eigenvalue weighted by molar-refractivity contribution is 7.98. The van der Waals surface area contributed by atoms with Crippen molar-refractivity contribution in [1.29, 1.82) is 0 Å². The topological polar surface area (TPSA) is 37.0 Å². The molecule has 3 nitrogen and oxygen atoms in total.